The molecule has 3 aromatic carbocycles. The zero-order chi connectivity index (χ0) is 25.5. The fourth-order valence-electron chi connectivity index (χ4n) is 4.40. The van der Waals surface area contributed by atoms with E-state index in [1.165, 1.54) is 11.1 Å². The van der Waals surface area contributed by atoms with Gasteiger partial charge in [0.1, 0.15) is 47.5 Å². The second-order valence-electron chi connectivity index (χ2n) is 11.6. The van der Waals surface area contributed by atoms with Crippen molar-refractivity contribution in [2.24, 2.45) is 0 Å². The number of benzene rings is 3. The quantitative estimate of drug-likeness (QED) is 0.267. The van der Waals surface area contributed by atoms with E-state index >= 15 is 0 Å². The van der Waals surface area contributed by atoms with Crippen molar-refractivity contribution in [2.45, 2.75) is 52.4 Å². The highest BCUT2D eigenvalue weighted by Crippen LogP contribution is 2.23. The molecule has 2 aromatic heterocycles. The molecule has 0 radical (unpaired) electrons. The number of hydrogen-bond acceptors (Lipinski definition) is 0. The van der Waals surface area contributed by atoms with E-state index in [1.807, 2.05) is 0 Å². The molecular weight excluding hydrogens is 440 g/mol. The molecule has 0 aliphatic heterocycles. The third-order valence-electron chi connectivity index (χ3n) is 6.76. The highest BCUT2D eigenvalue weighted by molar-refractivity contribution is 5.43. The lowest BCUT2D eigenvalue weighted by Crippen LogP contribution is -2.27. The summed E-state index contributed by atoms with van der Waals surface area (Å²) in [5.74, 6) is 0. The number of nitrogens with zero attached hydrogens (tertiary/aromatic N) is 4. The Bertz CT molecular complexity index is 1360. The highest BCUT2D eigenvalue weighted by atomic mass is 15.1. The van der Waals surface area contributed by atoms with Gasteiger partial charge in [-0.05, 0) is 58.4 Å². The predicted molar refractivity (Wildman–Crippen MR) is 146 cm³/mol. The van der Waals surface area contributed by atoms with E-state index in [2.05, 4.69) is 170 Å². The summed E-state index contributed by atoms with van der Waals surface area (Å²) in [5, 5.41) is 0. The van der Waals surface area contributed by atoms with Crippen molar-refractivity contribution in [2.75, 3.05) is 0 Å². The Labute approximate surface area is 214 Å². The first-order valence-electron chi connectivity index (χ1n) is 12.6. The van der Waals surface area contributed by atoms with Gasteiger partial charge in [0.2, 0.25) is 0 Å². The van der Waals surface area contributed by atoms with Crippen molar-refractivity contribution >= 4 is 0 Å². The van der Waals surface area contributed by atoms with E-state index < -0.39 is 0 Å². The molecule has 2 heterocycles. The monoisotopic (exact) mass is 476 g/mol. The first-order chi connectivity index (χ1) is 17.1. The van der Waals surface area contributed by atoms with Crippen LogP contribution in [0.5, 0.6) is 0 Å². The Morgan fingerprint density at radius 1 is 0.528 bits per heavy atom. The maximum atomic E-state index is 2.24. The molecule has 0 spiro atoms. The Morgan fingerprint density at radius 3 is 1.28 bits per heavy atom. The highest BCUT2D eigenvalue weighted by Gasteiger charge is 2.17. The van der Waals surface area contributed by atoms with Gasteiger partial charge in [0.05, 0.1) is 0 Å². The lowest BCUT2D eigenvalue weighted by Gasteiger charge is -2.18. The van der Waals surface area contributed by atoms with Gasteiger partial charge in [-0.3, -0.25) is 0 Å². The summed E-state index contributed by atoms with van der Waals surface area (Å²) in [5.41, 5.74) is 7.54. The third-order valence-corrected chi connectivity index (χ3v) is 6.76. The first kappa shape index (κ1) is 23.8. The molecule has 0 bridgehead atoms. The van der Waals surface area contributed by atoms with E-state index in [9.17, 15) is 0 Å². The molecule has 5 aromatic rings. The van der Waals surface area contributed by atoms with Gasteiger partial charge in [-0.2, -0.15) is 0 Å². The third kappa shape index (κ3) is 4.90. The summed E-state index contributed by atoms with van der Waals surface area (Å²) in [6, 6.07) is 26.2. The molecule has 0 saturated carbocycles. The van der Waals surface area contributed by atoms with E-state index in [0.29, 0.717) is 0 Å². The Morgan fingerprint density at radius 2 is 0.917 bits per heavy atom. The molecule has 36 heavy (non-hydrogen) atoms. The van der Waals surface area contributed by atoms with Gasteiger partial charge in [-0.15, -0.1) is 0 Å². The summed E-state index contributed by atoms with van der Waals surface area (Å²) in [6.45, 7) is 13.5. The topological polar surface area (TPSA) is 17.6 Å². The standard InChI is InChI=1S/C32H36N4/c1-31(2,3)25-10-14-27(15-11-25)33-18-20-35(23-33)29-8-7-9-30(22-29)36-21-19-34(24-36)28-16-12-26(13-17-28)32(4,5)6/h7-24H,1-6H3/q+2. The van der Waals surface area contributed by atoms with Crippen LogP contribution in [0.1, 0.15) is 52.7 Å². The van der Waals surface area contributed by atoms with Crippen LogP contribution in [0.25, 0.3) is 22.7 Å². The van der Waals surface area contributed by atoms with Crippen LogP contribution in [0, 0.1) is 0 Å². The number of rotatable bonds is 4. The minimum atomic E-state index is 0.155. The molecule has 4 heteroatoms. The first-order valence-corrected chi connectivity index (χ1v) is 12.6. The Kier molecular flexibility index (Phi) is 5.91. The van der Waals surface area contributed by atoms with E-state index in [0.717, 1.165) is 22.7 Å². The van der Waals surface area contributed by atoms with E-state index in [4.69, 9.17) is 0 Å². The van der Waals surface area contributed by atoms with Crippen LogP contribution in [-0.2, 0) is 10.8 Å². The molecule has 0 aliphatic rings. The summed E-state index contributed by atoms with van der Waals surface area (Å²) in [7, 11) is 0. The van der Waals surface area contributed by atoms with Crippen LogP contribution < -0.4 is 9.13 Å². The largest absolute Gasteiger partial charge is 0.254 e. The van der Waals surface area contributed by atoms with Crippen LogP contribution in [0.4, 0.5) is 0 Å². The molecule has 0 fully saturated rings. The van der Waals surface area contributed by atoms with E-state index in [-0.39, 0.29) is 10.8 Å². The van der Waals surface area contributed by atoms with Gasteiger partial charge >= 0.3 is 0 Å². The molecule has 0 unspecified atom stereocenters. The maximum Gasteiger partial charge on any atom is 0.254 e. The van der Waals surface area contributed by atoms with Crippen molar-refractivity contribution in [3.63, 3.8) is 0 Å². The molecule has 0 saturated heterocycles. The zero-order valence-electron chi connectivity index (χ0n) is 22.2. The molecule has 5 rings (SSSR count). The summed E-state index contributed by atoms with van der Waals surface area (Å²) < 4.78 is 8.63. The second-order valence-corrected chi connectivity index (χ2v) is 11.6. The van der Waals surface area contributed by atoms with Gasteiger partial charge in [0.15, 0.2) is 0 Å². The molecular formula is C32H36N4+2. The van der Waals surface area contributed by atoms with E-state index in [1.54, 1.807) is 0 Å². The van der Waals surface area contributed by atoms with Crippen LogP contribution in [0.15, 0.2) is 110 Å². The average molecular weight is 477 g/mol. The van der Waals surface area contributed by atoms with Crippen LogP contribution in [-0.4, -0.2) is 9.13 Å². The molecule has 0 N–H and O–H groups in total. The summed E-state index contributed by atoms with van der Waals surface area (Å²) >= 11 is 0. The average Bonchev–Trinajstić information content (AvgIpc) is 3.54. The lowest BCUT2D eigenvalue weighted by molar-refractivity contribution is -0.595. The maximum absolute atomic E-state index is 2.24. The van der Waals surface area contributed by atoms with Crippen molar-refractivity contribution in [3.05, 3.63) is 121 Å². The molecule has 0 aliphatic carbocycles. The van der Waals surface area contributed by atoms with Crippen molar-refractivity contribution < 1.29 is 9.13 Å². The molecule has 182 valence electrons. The summed E-state index contributed by atoms with van der Waals surface area (Å²) in [4.78, 5) is 0. The smallest absolute Gasteiger partial charge is 0.202 e. The number of imidazole rings is 2. The zero-order valence-corrected chi connectivity index (χ0v) is 22.2. The van der Waals surface area contributed by atoms with Gasteiger partial charge in [0, 0.05) is 6.07 Å². The van der Waals surface area contributed by atoms with Gasteiger partial charge in [-0.1, -0.05) is 71.9 Å². The van der Waals surface area contributed by atoms with Crippen LogP contribution >= 0.6 is 0 Å². The van der Waals surface area contributed by atoms with Gasteiger partial charge in [-0.25, -0.2) is 18.3 Å². The second kappa shape index (κ2) is 8.94. The lowest BCUT2D eigenvalue weighted by atomic mass is 9.87. The number of hydrogen-bond donors (Lipinski definition) is 0. The fraction of sp³-hybridized carbons (Fsp3) is 0.250. The van der Waals surface area contributed by atoms with Crippen molar-refractivity contribution in [1.29, 1.82) is 0 Å². The minimum Gasteiger partial charge on any atom is -0.202 e. The van der Waals surface area contributed by atoms with Crippen LogP contribution in [0.2, 0.25) is 0 Å². The van der Waals surface area contributed by atoms with Gasteiger partial charge < -0.3 is 0 Å². The SMILES string of the molecule is CC(C)(C)c1ccc(-[n+]2ccn(-c3cccc(-n4cc[n+](-c5ccc(C(C)(C)C)cc5)c4)c3)c2)cc1. The molecule has 0 amide bonds. The number of aromatic nitrogens is 4. The van der Waals surface area contributed by atoms with Crippen molar-refractivity contribution in [3.8, 4) is 22.7 Å². The predicted octanol–water partition coefficient (Wildman–Crippen LogP) is 6.42. The molecule has 4 nitrogen and oxygen atoms in total. The minimum absolute atomic E-state index is 0.155. The fourth-order valence-corrected chi connectivity index (χ4v) is 4.40. The van der Waals surface area contributed by atoms with Crippen molar-refractivity contribution in [1.82, 2.24) is 9.13 Å². The molecule has 0 atom stereocenters. The Hall–Kier alpha value is -3.92. The normalized spacial score (nSPS) is 12.2. The Balaban J connectivity index is 1.38. The van der Waals surface area contributed by atoms with Crippen LogP contribution in [0.3, 0.4) is 0 Å². The summed E-state index contributed by atoms with van der Waals surface area (Å²) in [6.07, 6.45) is 12.6. The van der Waals surface area contributed by atoms with Gasteiger partial charge in [0.25, 0.3) is 12.7 Å².